The number of para-hydroxylation sites is 1. The highest BCUT2D eigenvalue weighted by atomic mass is 16.2. The first kappa shape index (κ1) is 15.9. The highest BCUT2D eigenvalue weighted by Crippen LogP contribution is 2.18. The third-order valence-corrected chi connectivity index (χ3v) is 4.94. The Morgan fingerprint density at radius 3 is 2.24 bits per heavy atom. The molecule has 0 N–H and O–H groups in total. The van der Waals surface area contributed by atoms with Crippen LogP contribution in [0.3, 0.4) is 0 Å². The lowest BCUT2D eigenvalue weighted by Gasteiger charge is -2.36. The van der Waals surface area contributed by atoms with Crippen molar-refractivity contribution in [1.82, 2.24) is 14.9 Å². The molecule has 1 aromatic heterocycles. The number of nitrogens with zero attached hydrogens (tertiary/aromatic N) is 5. The van der Waals surface area contributed by atoms with Gasteiger partial charge in [-0.1, -0.05) is 18.2 Å². The van der Waals surface area contributed by atoms with Crippen LogP contribution in [0.15, 0.2) is 42.6 Å². The standard InChI is InChI=1S/C19H23N5O/c25-18(23-10-4-5-11-23)17-8-9-20-19(21-17)24-14-12-22(13-15-24)16-6-2-1-3-7-16/h1-3,6-9H,4-5,10-15H2. The summed E-state index contributed by atoms with van der Waals surface area (Å²) in [5.74, 6) is 0.696. The van der Waals surface area contributed by atoms with Gasteiger partial charge in [0.1, 0.15) is 5.69 Å². The number of likely N-dealkylation sites (tertiary alicyclic amines) is 1. The molecule has 6 heteroatoms. The SMILES string of the molecule is O=C(c1ccnc(N2CCN(c3ccccc3)CC2)n1)N1CCCC1. The van der Waals surface area contributed by atoms with E-state index >= 15 is 0 Å². The third-order valence-electron chi connectivity index (χ3n) is 4.94. The van der Waals surface area contributed by atoms with Crippen LogP contribution < -0.4 is 9.80 Å². The zero-order valence-electron chi connectivity index (χ0n) is 14.3. The Balaban J connectivity index is 1.43. The van der Waals surface area contributed by atoms with Gasteiger partial charge in [0.05, 0.1) is 0 Å². The van der Waals surface area contributed by atoms with E-state index in [1.54, 1.807) is 12.3 Å². The van der Waals surface area contributed by atoms with Gasteiger partial charge in [0.2, 0.25) is 5.95 Å². The maximum absolute atomic E-state index is 12.5. The second-order valence-corrected chi connectivity index (χ2v) is 6.55. The van der Waals surface area contributed by atoms with Crippen LogP contribution in [0.4, 0.5) is 11.6 Å². The number of piperazine rings is 1. The highest BCUT2D eigenvalue weighted by Gasteiger charge is 2.23. The predicted octanol–water partition coefficient (Wildman–Crippen LogP) is 2.04. The topological polar surface area (TPSA) is 52.6 Å². The Kier molecular flexibility index (Phi) is 4.50. The molecular formula is C19H23N5O. The maximum atomic E-state index is 12.5. The van der Waals surface area contributed by atoms with E-state index in [-0.39, 0.29) is 5.91 Å². The summed E-state index contributed by atoms with van der Waals surface area (Å²) in [7, 11) is 0. The van der Waals surface area contributed by atoms with Crippen molar-refractivity contribution in [3.05, 3.63) is 48.3 Å². The second kappa shape index (κ2) is 7.09. The number of benzene rings is 1. The molecule has 0 unspecified atom stereocenters. The normalized spacial score (nSPS) is 17.8. The summed E-state index contributed by atoms with van der Waals surface area (Å²) in [5, 5.41) is 0. The van der Waals surface area contributed by atoms with Crippen molar-refractivity contribution in [3.63, 3.8) is 0 Å². The molecule has 25 heavy (non-hydrogen) atoms. The number of anilines is 2. The van der Waals surface area contributed by atoms with Crippen LogP contribution in [0.25, 0.3) is 0 Å². The first-order valence-corrected chi connectivity index (χ1v) is 8.98. The Morgan fingerprint density at radius 2 is 1.52 bits per heavy atom. The third kappa shape index (κ3) is 3.43. The maximum Gasteiger partial charge on any atom is 0.272 e. The number of carbonyl (C=O) groups is 1. The van der Waals surface area contributed by atoms with Crippen LogP contribution in [0.1, 0.15) is 23.3 Å². The monoisotopic (exact) mass is 337 g/mol. The van der Waals surface area contributed by atoms with Gasteiger partial charge in [-0.05, 0) is 31.0 Å². The van der Waals surface area contributed by atoms with E-state index in [4.69, 9.17) is 0 Å². The van der Waals surface area contributed by atoms with Gasteiger partial charge in [-0.3, -0.25) is 4.79 Å². The van der Waals surface area contributed by atoms with Gasteiger partial charge in [0.15, 0.2) is 0 Å². The summed E-state index contributed by atoms with van der Waals surface area (Å²) in [4.78, 5) is 27.9. The largest absolute Gasteiger partial charge is 0.368 e. The summed E-state index contributed by atoms with van der Waals surface area (Å²) >= 11 is 0. The first-order valence-electron chi connectivity index (χ1n) is 8.98. The molecule has 2 saturated heterocycles. The van der Waals surface area contributed by atoms with Gasteiger partial charge in [-0.2, -0.15) is 0 Å². The molecule has 0 spiro atoms. The van der Waals surface area contributed by atoms with E-state index in [1.807, 2.05) is 11.0 Å². The molecule has 0 aliphatic carbocycles. The molecule has 1 amide bonds. The van der Waals surface area contributed by atoms with E-state index in [9.17, 15) is 4.79 Å². The average Bonchev–Trinajstić information content (AvgIpc) is 3.23. The fourth-order valence-electron chi connectivity index (χ4n) is 3.51. The molecule has 2 fully saturated rings. The van der Waals surface area contributed by atoms with E-state index in [0.29, 0.717) is 11.6 Å². The van der Waals surface area contributed by atoms with E-state index in [1.165, 1.54) is 5.69 Å². The van der Waals surface area contributed by atoms with Crippen LogP contribution >= 0.6 is 0 Å². The highest BCUT2D eigenvalue weighted by molar-refractivity contribution is 5.92. The fourth-order valence-corrected chi connectivity index (χ4v) is 3.51. The van der Waals surface area contributed by atoms with Crippen LogP contribution in [-0.2, 0) is 0 Å². The number of hydrogen-bond acceptors (Lipinski definition) is 5. The summed E-state index contributed by atoms with van der Waals surface area (Å²) in [6, 6.07) is 12.2. The zero-order chi connectivity index (χ0) is 17.1. The second-order valence-electron chi connectivity index (χ2n) is 6.55. The summed E-state index contributed by atoms with van der Waals surface area (Å²) in [5.41, 5.74) is 1.76. The molecule has 3 heterocycles. The molecule has 2 aromatic rings. The van der Waals surface area contributed by atoms with E-state index in [0.717, 1.165) is 52.1 Å². The molecule has 0 bridgehead atoms. The van der Waals surface area contributed by atoms with Crippen LogP contribution in [0.5, 0.6) is 0 Å². The molecule has 0 saturated carbocycles. The van der Waals surface area contributed by atoms with Crippen molar-refractivity contribution < 1.29 is 4.79 Å². The number of rotatable bonds is 3. The molecule has 1 aromatic carbocycles. The molecule has 4 rings (SSSR count). The number of carbonyl (C=O) groups excluding carboxylic acids is 1. The van der Waals surface area contributed by atoms with E-state index in [2.05, 4.69) is 44.0 Å². The van der Waals surface area contributed by atoms with Crippen LogP contribution in [0, 0.1) is 0 Å². The number of hydrogen-bond donors (Lipinski definition) is 0. The molecule has 2 aliphatic heterocycles. The van der Waals surface area contributed by atoms with Crippen molar-refractivity contribution in [2.75, 3.05) is 49.1 Å². The average molecular weight is 337 g/mol. The predicted molar refractivity (Wildman–Crippen MR) is 98.0 cm³/mol. The van der Waals surface area contributed by atoms with Crippen molar-refractivity contribution in [3.8, 4) is 0 Å². The summed E-state index contributed by atoms with van der Waals surface area (Å²) in [6.07, 6.45) is 3.88. The zero-order valence-corrected chi connectivity index (χ0v) is 14.3. The number of aromatic nitrogens is 2. The molecule has 0 radical (unpaired) electrons. The minimum Gasteiger partial charge on any atom is -0.368 e. The van der Waals surface area contributed by atoms with Crippen molar-refractivity contribution in [2.45, 2.75) is 12.8 Å². The van der Waals surface area contributed by atoms with Crippen LogP contribution in [0.2, 0.25) is 0 Å². The Bertz CT molecular complexity index is 722. The van der Waals surface area contributed by atoms with Gasteiger partial charge in [0.25, 0.3) is 5.91 Å². The van der Waals surface area contributed by atoms with Crippen molar-refractivity contribution >= 4 is 17.5 Å². The van der Waals surface area contributed by atoms with Crippen LogP contribution in [-0.4, -0.2) is 60.0 Å². The molecule has 6 nitrogen and oxygen atoms in total. The summed E-state index contributed by atoms with van der Waals surface area (Å²) < 4.78 is 0. The quantitative estimate of drug-likeness (QED) is 0.858. The number of amides is 1. The van der Waals surface area contributed by atoms with Gasteiger partial charge in [-0.15, -0.1) is 0 Å². The van der Waals surface area contributed by atoms with Crippen molar-refractivity contribution in [2.24, 2.45) is 0 Å². The molecular weight excluding hydrogens is 314 g/mol. The lowest BCUT2D eigenvalue weighted by Crippen LogP contribution is -2.47. The Labute approximate surface area is 148 Å². The summed E-state index contributed by atoms with van der Waals surface area (Å²) in [6.45, 7) is 5.25. The minimum absolute atomic E-state index is 0.0315. The Hall–Kier alpha value is -2.63. The molecule has 130 valence electrons. The lowest BCUT2D eigenvalue weighted by molar-refractivity contribution is 0.0787. The molecule has 0 atom stereocenters. The Morgan fingerprint density at radius 1 is 0.840 bits per heavy atom. The van der Waals surface area contributed by atoms with Crippen molar-refractivity contribution in [1.29, 1.82) is 0 Å². The smallest absolute Gasteiger partial charge is 0.272 e. The lowest BCUT2D eigenvalue weighted by atomic mass is 10.2. The minimum atomic E-state index is 0.0315. The van der Waals surface area contributed by atoms with Gasteiger partial charge < -0.3 is 14.7 Å². The van der Waals surface area contributed by atoms with Gasteiger partial charge >= 0.3 is 0 Å². The van der Waals surface area contributed by atoms with Gasteiger partial charge in [-0.25, -0.2) is 9.97 Å². The van der Waals surface area contributed by atoms with E-state index < -0.39 is 0 Å². The molecule has 2 aliphatic rings. The first-order chi connectivity index (χ1) is 12.3. The van der Waals surface area contributed by atoms with Gasteiger partial charge in [0, 0.05) is 51.2 Å². The fraction of sp³-hybridized carbons (Fsp3) is 0.421.